The fourth-order valence-electron chi connectivity index (χ4n) is 7.25. The number of carbonyl (C=O) groups is 1. The van der Waals surface area contributed by atoms with Crippen molar-refractivity contribution in [1.29, 1.82) is 0 Å². The lowest BCUT2D eigenvalue weighted by atomic mass is 9.95. The number of likely N-dealkylation sites (N-methyl/N-ethyl adjacent to an activating group) is 1. The molecule has 47 heavy (non-hydrogen) atoms. The number of halogens is 4. The van der Waals surface area contributed by atoms with Gasteiger partial charge in [0.2, 0.25) is 11.6 Å². The molecule has 3 aliphatic heterocycles. The fraction of sp³-hybridized carbons (Fsp3) is 0.406. The minimum Gasteiger partial charge on any atom is -0.461 e. The number of fused-ring (bicyclic) bond motifs is 3. The van der Waals surface area contributed by atoms with E-state index in [0.717, 1.165) is 42.9 Å². The summed E-state index contributed by atoms with van der Waals surface area (Å²) in [5.74, 6) is -1.80. The van der Waals surface area contributed by atoms with E-state index in [1.807, 2.05) is 0 Å². The molecule has 3 aliphatic rings. The first-order chi connectivity index (χ1) is 22.5. The average molecular weight is 667 g/mol. The number of thiophene rings is 1. The van der Waals surface area contributed by atoms with E-state index < -0.39 is 41.5 Å². The van der Waals surface area contributed by atoms with Crippen molar-refractivity contribution in [1.82, 2.24) is 24.8 Å². The number of amides is 1. The lowest BCUT2D eigenvalue weighted by Crippen LogP contribution is -2.43. The molecule has 0 radical (unpaired) electrons. The highest BCUT2D eigenvalue weighted by atomic mass is 32.1. The Hall–Kier alpha value is -4.55. The van der Waals surface area contributed by atoms with Gasteiger partial charge in [-0.15, -0.1) is 11.3 Å². The maximum absolute atomic E-state index is 16.7. The molecule has 10 nitrogen and oxygen atoms in total. The molecule has 2 N–H and O–H groups in total. The summed E-state index contributed by atoms with van der Waals surface area (Å²) < 4.78 is 67.5. The molecule has 0 unspecified atom stereocenters. The number of ether oxygens (including phenoxy) is 1. The molecule has 15 heteroatoms. The van der Waals surface area contributed by atoms with Crippen molar-refractivity contribution in [3.05, 3.63) is 54.0 Å². The minimum absolute atomic E-state index is 0.00937. The summed E-state index contributed by atoms with van der Waals surface area (Å²) in [4.78, 5) is 34.0. The number of nitrogens with zero attached hydrogens (tertiary/aromatic N) is 7. The quantitative estimate of drug-likeness (QED) is 0.158. The predicted molar refractivity (Wildman–Crippen MR) is 171 cm³/mol. The zero-order valence-corrected chi connectivity index (χ0v) is 26.2. The first-order valence-electron chi connectivity index (χ1n) is 15.1. The maximum atomic E-state index is 16.7. The van der Waals surface area contributed by atoms with Gasteiger partial charge in [-0.1, -0.05) is 12.6 Å². The fourth-order valence-corrected chi connectivity index (χ4v) is 8.19. The van der Waals surface area contributed by atoms with Gasteiger partial charge >= 0.3 is 6.01 Å². The van der Waals surface area contributed by atoms with Gasteiger partial charge in [-0.05, 0) is 31.5 Å². The van der Waals surface area contributed by atoms with Gasteiger partial charge in [0.05, 0.1) is 39.8 Å². The van der Waals surface area contributed by atoms with Gasteiger partial charge in [0, 0.05) is 43.7 Å². The topological polar surface area (TPSA) is 105 Å². The van der Waals surface area contributed by atoms with Crippen LogP contribution in [0.3, 0.4) is 0 Å². The summed E-state index contributed by atoms with van der Waals surface area (Å²) in [6, 6.07) is 1.45. The molecule has 4 aromatic rings. The van der Waals surface area contributed by atoms with Crippen molar-refractivity contribution >= 4 is 54.7 Å². The van der Waals surface area contributed by atoms with Gasteiger partial charge in [0.1, 0.15) is 41.8 Å². The number of nitrogens with two attached hydrogens (primary N) is 1. The Morgan fingerprint density at radius 3 is 2.87 bits per heavy atom. The molecule has 1 amide bonds. The van der Waals surface area contributed by atoms with Gasteiger partial charge < -0.3 is 20.3 Å². The maximum Gasteiger partial charge on any atom is 0.319 e. The molecule has 0 aliphatic carbocycles. The third-order valence-electron chi connectivity index (χ3n) is 9.57. The lowest BCUT2D eigenvalue weighted by molar-refractivity contribution is -0.125. The van der Waals surface area contributed by atoms with Crippen LogP contribution in [0.2, 0.25) is 0 Å². The van der Waals surface area contributed by atoms with E-state index in [0.29, 0.717) is 13.0 Å². The van der Waals surface area contributed by atoms with Crippen LogP contribution in [0.5, 0.6) is 6.01 Å². The number of hydrogen-bond donors (Lipinski definition) is 1. The summed E-state index contributed by atoms with van der Waals surface area (Å²) >= 11 is 0.887. The van der Waals surface area contributed by atoms with Gasteiger partial charge in [-0.25, -0.2) is 22.4 Å². The summed E-state index contributed by atoms with van der Waals surface area (Å²) in [6.07, 6.45) is 1.91. The van der Waals surface area contributed by atoms with Crippen LogP contribution in [-0.4, -0.2) is 94.4 Å². The standard InChI is InChI=1S/C32H30F4N8O2S/c1-4-22(45)43-13-20(35)21(14-43)42(3)30-18-11-39-25(17-6-7-19(34)28-23(17)27(38-2)29(37)47-28)24(36)26(18)40-31(41-30)46-15-32-8-5-9-44(32)12-16(33)10-32/h4,6-7,11,16,20-21H,1,5,8-10,12-15,37H2,3H3/t16-,20-,21+,32+/m1/s1. The number of rotatable bonds is 7. The second kappa shape index (κ2) is 11.6. The Balaban J connectivity index is 1.35. The average Bonchev–Trinajstić information content (AvgIpc) is 3.80. The number of aromatic nitrogens is 3. The van der Waals surface area contributed by atoms with E-state index in [2.05, 4.69) is 31.3 Å². The number of hydrogen-bond acceptors (Lipinski definition) is 9. The molecule has 0 saturated carbocycles. The summed E-state index contributed by atoms with van der Waals surface area (Å²) in [5.41, 5.74) is 5.21. The molecule has 0 bridgehead atoms. The van der Waals surface area contributed by atoms with E-state index in [1.165, 1.54) is 22.1 Å². The van der Waals surface area contributed by atoms with Crippen molar-refractivity contribution in [2.75, 3.05) is 50.5 Å². The highest BCUT2D eigenvalue weighted by Crippen LogP contribution is 2.47. The molecule has 3 fully saturated rings. The summed E-state index contributed by atoms with van der Waals surface area (Å²) in [6.45, 7) is 12.1. The molecule has 6 heterocycles. The van der Waals surface area contributed by atoms with Gasteiger partial charge in [-0.2, -0.15) is 9.97 Å². The zero-order valence-electron chi connectivity index (χ0n) is 25.3. The molecule has 1 aromatic carbocycles. The van der Waals surface area contributed by atoms with Crippen LogP contribution in [0.1, 0.15) is 19.3 Å². The van der Waals surface area contributed by atoms with Crippen molar-refractivity contribution in [3.8, 4) is 17.3 Å². The molecule has 0 spiro atoms. The van der Waals surface area contributed by atoms with Crippen LogP contribution in [-0.2, 0) is 4.79 Å². The van der Waals surface area contributed by atoms with Gasteiger partial charge in [-0.3, -0.25) is 14.7 Å². The predicted octanol–water partition coefficient (Wildman–Crippen LogP) is 5.44. The zero-order chi connectivity index (χ0) is 33.2. The second-order valence-corrected chi connectivity index (χ2v) is 13.3. The Morgan fingerprint density at radius 1 is 1.30 bits per heavy atom. The first-order valence-corrected chi connectivity index (χ1v) is 15.9. The van der Waals surface area contributed by atoms with Gasteiger partial charge in [0.15, 0.2) is 5.82 Å². The van der Waals surface area contributed by atoms with Crippen LogP contribution in [0, 0.1) is 18.2 Å². The van der Waals surface area contributed by atoms with Crippen LogP contribution in [0.4, 0.5) is 34.1 Å². The third kappa shape index (κ3) is 5.01. The van der Waals surface area contributed by atoms with Gasteiger partial charge in [0.25, 0.3) is 0 Å². The highest BCUT2D eigenvalue weighted by molar-refractivity contribution is 7.23. The van der Waals surface area contributed by atoms with Crippen molar-refractivity contribution in [3.63, 3.8) is 0 Å². The minimum atomic E-state index is -1.45. The van der Waals surface area contributed by atoms with E-state index in [9.17, 15) is 13.6 Å². The molecular weight excluding hydrogens is 636 g/mol. The number of likely N-dealkylation sites (tertiary alicyclic amines) is 1. The van der Waals surface area contributed by atoms with Crippen LogP contribution in [0.25, 0.3) is 37.1 Å². The van der Waals surface area contributed by atoms with Crippen LogP contribution < -0.4 is 15.4 Å². The summed E-state index contributed by atoms with van der Waals surface area (Å²) in [5, 5.41) is 0.367. The van der Waals surface area contributed by atoms with Crippen molar-refractivity contribution in [2.24, 2.45) is 0 Å². The monoisotopic (exact) mass is 666 g/mol. The molecule has 3 saturated heterocycles. The van der Waals surface area contributed by atoms with Crippen LogP contribution in [0.15, 0.2) is 31.0 Å². The normalized spacial score (nSPS) is 24.2. The van der Waals surface area contributed by atoms with Crippen molar-refractivity contribution < 1.29 is 27.1 Å². The van der Waals surface area contributed by atoms with E-state index in [-0.39, 0.29) is 74.5 Å². The highest BCUT2D eigenvalue weighted by Gasteiger charge is 2.49. The smallest absolute Gasteiger partial charge is 0.319 e. The number of alkyl halides is 2. The molecular formula is C32H30F4N8O2S. The van der Waals surface area contributed by atoms with Crippen LogP contribution >= 0.6 is 11.3 Å². The number of pyridine rings is 1. The molecule has 244 valence electrons. The second-order valence-electron chi connectivity index (χ2n) is 12.2. The lowest BCUT2D eigenvalue weighted by Gasteiger charge is -2.31. The number of benzene rings is 1. The first kappa shape index (κ1) is 31.1. The largest absolute Gasteiger partial charge is 0.461 e. The number of carbonyl (C=O) groups excluding carboxylic acids is 1. The number of nitrogen functional groups attached to an aromatic ring is 1. The Morgan fingerprint density at radius 2 is 2.11 bits per heavy atom. The molecule has 3 aromatic heterocycles. The Labute approximate surface area is 271 Å². The van der Waals surface area contributed by atoms with E-state index >= 15 is 8.78 Å². The molecule has 4 atom stereocenters. The Kier molecular flexibility index (Phi) is 7.67. The van der Waals surface area contributed by atoms with Crippen molar-refractivity contribution in [2.45, 2.75) is 43.2 Å². The number of anilines is 2. The molecule has 7 rings (SSSR count). The Bertz CT molecular complexity index is 1980. The SMILES string of the molecule is [C-]#[N+]c1c(N)sc2c(F)ccc(-c3ncc4c(N(C)[C@H]5CN(C(=O)C=C)C[C@H]5F)nc(OC[C@@]56CCCN5C[C@H](F)C6)nc4c3F)c12. The van der Waals surface area contributed by atoms with E-state index in [4.69, 9.17) is 17.0 Å². The summed E-state index contributed by atoms with van der Waals surface area (Å²) in [7, 11) is 1.58. The van der Waals surface area contributed by atoms with E-state index in [1.54, 1.807) is 7.05 Å². The third-order valence-corrected chi connectivity index (χ3v) is 10.6.